The summed E-state index contributed by atoms with van der Waals surface area (Å²) in [7, 11) is 0. The van der Waals surface area contributed by atoms with Crippen LogP contribution >= 0.6 is 0 Å². The number of nitrogens with one attached hydrogen (secondary N) is 2. The monoisotopic (exact) mass is 243 g/mol. The zero-order valence-corrected chi connectivity index (χ0v) is 9.72. The SMILES string of the molecule is N#Cc1ccnc(NCCCc2ncn[nH]2)c1N. The van der Waals surface area contributed by atoms with E-state index in [-0.39, 0.29) is 0 Å². The van der Waals surface area contributed by atoms with Crippen LogP contribution in [0.4, 0.5) is 11.5 Å². The minimum absolute atomic E-state index is 0.389. The van der Waals surface area contributed by atoms with E-state index in [4.69, 9.17) is 11.0 Å². The van der Waals surface area contributed by atoms with Crippen molar-refractivity contribution in [2.24, 2.45) is 0 Å². The number of nitrogen functional groups attached to an aromatic ring is 1. The van der Waals surface area contributed by atoms with Gasteiger partial charge in [0.05, 0.1) is 11.3 Å². The van der Waals surface area contributed by atoms with Gasteiger partial charge in [0, 0.05) is 19.2 Å². The Balaban J connectivity index is 1.85. The molecule has 92 valence electrons. The molecule has 2 aromatic rings. The number of nitriles is 1. The molecule has 0 aromatic carbocycles. The third kappa shape index (κ3) is 2.74. The van der Waals surface area contributed by atoms with Gasteiger partial charge in [0.1, 0.15) is 18.2 Å². The lowest BCUT2D eigenvalue weighted by atomic mass is 10.2. The standard InChI is InChI=1S/C11H13N7/c12-6-8-3-5-15-11(10(8)13)14-4-1-2-9-16-7-17-18-9/h3,5,7H,1-2,4,13H2,(H,14,15)(H,16,17,18). The first-order valence-electron chi connectivity index (χ1n) is 5.54. The van der Waals surface area contributed by atoms with Crippen LogP contribution in [0.5, 0.6) is 0 Å². The van der Waals surface area contributed by atoms with Crippen molar-refractivity contribution in [1.82, 2.24) is 20.2 Å². The molecule has 0 spiro atoms. The van der Waals surface area contributed by atoms with Gasteiger partial charge in [-0.2, -0.15) is 10.4 Å². The smallest absolute Gasteiger partial charge is 0.150 e. The number of anilines is 2. The third-order valence-corrected chi connectivity index (χ3v) is 2.46. The van der Waals surface area contributed by atoms with E-state index in [1.165, 1.54) is 6.33 Å². The zero-order valence-electron chi connectivity index (χ0n) is 9.72. The number of nitrogens with two attached hydrogens (primary N) is 1. The number of hydrogen-bond donors (Lipinski definition) is 3. The molecule has 0 saturated heterocycles. The largest absolute Gasteiger partial charge is 0.395 e. The Labute approximate surface area is 104 Å². The number of aryl methyl sites for hydroxylation is 1. The molecule has 0 aliphatic carbocycles. The van der Waals surface area contributed by atoms with Crippen LogP contribution in [0.3, 0.4) is 0 Å². The summed E-state index contributed by atoms with van der Waals surface area (Å²) in [5.41, 5.74) is 6.62. The van der Waals surface area contributed by atoms with Gasteiger partial charge in [0.15, 0.2) is 5.82 Å². The summed E-state index contributed by atoms with van der Waals surface area (Å²) in [6.45, 7) is 0.701. The maximum atomic E-state index is 8.83. The Kier molecular flexibility index (Phi) is 3.71. The first-order chi connectivity index (χ1) is 8.81. The second-order valence-electron chi connectivity index (χ2n) is 3.70. The second-order valence-corrected chi connectivity index (χ2v) is 3.70. The highest BCUT2D eigenvalue weighted by Gasteiger charge is 2.05. The van der Waals surface area contributed by atoms with E-state index in [9.17, 15) is 0 Å². The predicted octanol–water partition coefficient (Wildman–Crippen LogP) is 0.698. The summed E-state index contributed by atoms with van der Waals surface area (Å²) in [5.74, 6) is 1.40. The molecule has 0 fully saturated rings. The molecule has 0 aliphatic heterocycles. The van der Waals surface area contributed by atoms with E-state index in [1.54, 1.807) is 12.3 Å². The summed E-state index contributed by atoms with van der Waals surface area (Å²) in [5, 5.41) is 18.5. The van der Waals surface area contributed by atoms with E-state index in [0.717, 1.165) is 18.7 Å². The van der Waals surface area contributed by atoms with Crippen molar-refractivity contribution in [2.75, 3.05) is 17.6 Å². The molecule has 7 nitrogen and oxygen atoms in total. The molecule has 0 atom stereocenters. The Bertz CT molecular complexity index is 541. The van der Waals surface area contributed by atoms with Gasteiger partial charge in [-0.1, -0.05) is 0 Å². The average molecular weight is 243 g/mol. The van der Waals surface area contributed by atoms with Gasteiger partial charge in [-0.05, 0) is 12.5 Å². The van der Waals surface area contributed by atoms with E-state index >= 15 is 0 Å². The van der Waals surface area contributed by atoms with Gasteiger partial charge in [-0.25, -0.2) is 9.97 Å². The Morgan fingerprint density at radius 1 is 1.44 bits per heavy atom. The molecule has 0 bridgehead atoms. The van der Waals surface area contributed by atoms with Gasteiger partial charge < -0.3 is 11.1 Å². The van der Waals surface area contributed by atoms with Crippen molar-refractivity contribution < 1.29 is 0 Å². The fourth-order valence-electron chi connectivity index (χ4n) is 1.53. The van der Waals surface area contributed by atoms with Crippen molar-refractivity contribution in [3.63, 3.8) is 0 Å². The molecule has 2 rings (SSSR count). The molecule has 7 heteroatoms. The first-order valence-corrected chi connectivity index (χ1v) is 5.54. The van der Waals surface area contributed by atoms with Crippen LogP contribution in [-0.4, -0.2) is 26.7 Å². The summed E-state index contributed by atoms with van der Waals surface area (Å²) >= 11 is 0. The van der Waals surface area contributed by atoms with Gasteiger partial charge in [0.2, 0.25) is 0 Å². The summed E-state index contributed by atoms with van der Waals surface area (Å²) in [6, 6.07) is 3.61. The molecule has 0 amide bonds. The second kappa shape index (κ2) is 5.63. The van der Waals surface area contributed by atoms with Crippen molar-refractivity contribution in [3.05, 3.63) is 30.0 Å². The van der Waals surface area contributed by atoms with Crippen molar-refractivity contribution in [3.8, 4) is 6.07 Å². The van der Waals surface area contributed by atoms with E-state index in [1.807, 2.05) is 6.07 Å². The number of H-pyrrole nitrogens is 1. The van der Waals surface area contributed by atoms with Gasteiger partial charge in [-0.3, -0.25) is 5.10 Å². The van der Waals surface area contributed by atoms with Crippen LogP contribution in [0.25, 0.3) is 0 Å². The molecule has 4 N–H and O–H groups in total. The normalized spacial score (nSPS) is 9.94. The van der Waals surface area contributed by atoms with Crippen LogP contribution in [0.15, 0.2) is 18.6 Å². The van der Waals surface area contributed by atoms with Crippen molar-refractivity contribution >= 4 is 11.5 Å². The van der Waals surface area contributed by atoms with Crippen molar-refractivity contribution in [1.29, 1.82) is 5.26 Å². The lowest BCUT2D eigenvalue weighted by Gasteiger charge is -2.08. The lowest BCUT2D eigenvalue weighted by molar-refractivity contribution is 0.804. The number of aromatic nitrogens is 4. The fraction of sp³-hybridized carbons (Fsp3) is 0.273. The minimum Gasteiger partial charge on any atom is -0.395 e. The molecule has 0 aliphatic rings. The molecule has 2 aromatic heterocycles. The van der Waals surface area contributed by atoms with Gasteiger partial charge in [-0.15, -0.1) is 0 Å². The molecule has 0 saturated carbocycles. The molecule has 2 heterocycles. The van der Waals surface area contributed by atoms with Crippen LogP contribution in [0.2, 0.25) is 0 Å². The Hall–Kier alpha value is -2.62. The molecule has 18 heavy (non-hydrogen) atoms. The van der Waals surface area contributed by atoms with Crippen LogP contribution in [0.1, 0.15) is 17.8 Å². The first kappa shape index (κ1) is 11.9. The van der Waals surface area contributed by atoms with Crippen LogP contribution < -0.4 is 11.1 Å². The van der Waals surface area contributed by atoms with Gasteiger partial charge >= 0.3 is 0 Å². The number of rotatable bonds is 5. The Morgan fingerprint density at radius 2 is 2.33 bits per heavy atom. The van der Waals surface area contributed by atoms with E-state index in [0.29, 0.717) is 23.6 Å². The molecular formula is C11H13N7. The summed E-state index contributed by atoms with van der Waals surface area (Å²) < 4.78 is 0. The zero-order chi connectivity index (χ0) is 12.8. The highest BCUT2D eigenvalue weighted by molar-refractivity contribution is 5.68. The maximum Gasteiger partial charge on any atom is 0.150 e. The fourth-order valence-corrected chi connectivity index (χ4v) is 1.53. The van der Waals surface area contributed by atoms with Gasteiger partial charge in [0.25, 0.3) is 0 Å². The molecule has 0 unspecified atom stereocenters. The lowest BCUT2D eigenvalue weighted by Crippen LogP contribution is -2.08. The third-order valence-electron chi connectivity index (χ3n) is 2.46. The van der Waals surface area contributed by atoms with Crippen molar-refractivity contribution in [2.45, 2.75) is 12.8 Å². The highest BCUT2D eigenvalue weighted by atomic mass is 15.2. The summed E-state index contributed by atoms with van der Waals surface area (Å²) in [6.07, 6.45) is 4.71. The quantitative estimate of drug-likeness (QED) is 0.665. The molecular weight excluding hydrogens is 230 g/mol. The minimum atomic E-state index is 0.389. The van der Waals surface area contributed by atoms with E-state index in [2.05, 4.69) is 25.5 Å². The number of pyridine rings is 1. The number of aromatic amines is 1. The Morgan fingerprint density at radius 3 is 3.06 bits per heavy atom. The average Bonchev–Trinajstić information content (AvgIpc) is 2.89. The summed E-state index contributed by atoms with van der Waals surface area (Å²) in [4.78, 5) is 8.13. The predicted molar refractivity (Wildman–Crippen MR) is 66.6 cm³/mol. The maximum absolute atomic E-state index is 8.83. The molecule has 0 radical (unpaired) electrons. The van der Waals surface area contributed by atoms with E-state index < -0.39 is 0 Å². The topological polar surface area (TPSA) is 116 Å². The van der Waals surface area contributed by atoms with Crippen LogP contribution in [0, 0.1) is 11.3 Å². The van der Waals surface area contributed by atoms with Crippen LogP contribution in [-0.2, 0) is 6.42 Å². The highest BCUT2D eigenvalue weighted by Crippen LogP contribution is 2.18. The number of nitrogens with zero attached hydrogens (tertiary/aromatic N) is 4. The number of hydrogen-bond acceptors (Lipinski definition) is 6.